The van der Waals surface area contributed by atoms with E-state index in [4.69, 9.17) is 0 Å². The highest BCUT2D eigenvalue weighted by molar-refractivity contribution is 5.94. The summed E-state index contributed by atoms with van der Waals surface area (Å²) in [6.07, 6.45) is 0. The molecule has 0 saturated carbocycles. The Labute approximate surface area is 112 Å². The van der Waals surface area contributed by atoms with Crippen molar-refractivity contribution in [1.82, 2.24) is 4.90 Å². The topological polar surface area (TPSA) is 20.3 Å². The van der Waals surface area contributed by atoms with E-state index in [-0.39, 0.29) is 11.3 Å². The van der Waals surface area contributed by atoms with Crippen LogP contribution in [0, 0.1) is 5.41 Å². The van der Waals surface area contributed by atoms with Gasteiger partial charge in [0.25, 0.3) is 5.91 Å². The quantitative estimate of drug-likeness (QED) is 0.785. The van der Waals surface area contributed by atoms with Gasteiger partial charge in [0.2, 0.25) is 0 Å². The van der Waals surface area contributed by atoms with Crippen LogP contribution in [0.3, 0.4) is 0 Å². The van der Waals surface area contributed by atoms with Gasteiger partial charge in [0.15, 0.2) is 0 Å². The summed E-state index contributed by atoms with van der Waals surface area (Å²) in [5.74, 6) is 0.123. The lowest BCUT2D eigenvalue weighted by molar-refractivity contribution is 0.0706. The number of carbonyl (C=O) groups is 1. The Morgan fingerprint density at radius 3 is 2.00 bits per heavy atom. The Bertz CT molecular complexity index is 338. The number of carbonyl (C=O) groups excluding carboxylic acids is 1. The smallest absolute Gasteiger partial charge is 0.253 e. The maximum atomic E-state index is 12.2. The first-order valence-electron chi connectivity index (χ1n) is 6.78. The summed E-state index contributed by atoms with van der Waals surface area (Å²) in [7, 11) is 0. The summed E-state index contributed by atoms with van der Waals surface area (Å²) in [4.78, 5) is 14.1. The molecule has 0 heterocycles. The van der Waals surface area contributed by atoms with E-state index in [1.165, 1.54) is 0 Å². The van der Waals surface area contributed by atoms with Gasteiger partial charge in [-0.1, -0.05) is 52.8 Å². The van der Waals surface area contributed by atoms with E-state index < -0.39 is 0 Å². The van der Waals surface area contributed by atoms with Crippen LogP contribution < -0.4 is 0 Å². The maximum Gasteiger partial charge on any atom is 0.253 e. The molecule has 0 N–H and O–H groups in total. The van der Waals surface area contributed by atoms with Crippen LogP contribution in [0.25, 0.3) is 0 Å². The lowest BCUT2D eigenvalue weighted by atomic mass is 9.95. The second-order valence-corrected chi connectivity index (χ2v) is 5.25. The summed E-state index contributed by atoms with van der Waals surface area (Å²) in [5.41, 5.74) is 0.911. The van der Waals surface area contributed by atoms with Crippen molar-refractivity contribution in [3.05, 3.63) is 35.9 Å². The van der Waals surface area contributed by atoms with Gasteiger partial charge in [0.05, 0.1) is 0 Å². The van der Waals surface area contributed by atoms with Gasteiger partial charge in [-0.15, -0.1) is 0 Å². The Balaban J connectivity index is 0.00000137. The van der Waals surface area contributed by atoms with Crippen molar-refractivity contribution < 1.29 is 4.79 Å². The molecule has 1 aromatic carbocycles. The number of benzene rings is 1. The van der Waals surface area contributed by atoms with Crippen LogP contribution >= 0.6 is 0 Å². The molecule has 0 fully saturated rings. The molecule has 0 atom stereocenters. The maximum absolute atomic E-state index is 12.2. The van der Waals surface area contributed by atoms with Crippen molar-refractivity contribution in [3.63, 3.8) is 0 Å². The van der Waals surface area contributed by atoms with E-state index in [0.29, 0.717) is 0 Å². The summed E-state index contributed by atoms with van der Waals surface area (Å²) >= 11 is 0. The first-order chi connectivity index (χ1) is 8.44. The Morgan fingerprint density at radius 1 is 1.11 bits per heavy atom. The lowest BCUT2D eigenvalue weighted by Gasteiger charge is -2.29. The molecule has 102 valence electrons. The molecule has 0 aliphatic carbocycles. The average molecular weight is 249 g/mol. The lowest BCUT2D eigenvalue weighted by Crippen LogP contribution is -2.37. The van der Waals surface area contributed by atoms with E-state index in [9.17, 15) is 4.79 Å². The fourth-order valence-electron chi connectivity index (χ4n) is 1.66. The third-order valence-corrected chi connectivity index (χ3v) is 2.35. The molecule has 0 bridgehead atoms. The van der Waals surface area contributed by atoms with Crippen LogP contribution in [0.2, 0.25) is 0 Å². The summed E-state index contributed by atoms with van der Waals surface area (Å²) in [5, 5.41) is 0. The van der Waals surface area contributed by atoms with Crippen LogP contribution in [0.15, 0.2) is 30.3 Å². The van der Waals surface area contributed by atoms with Gasteiger partial charge in [-0.05, 0) is 24.5 Å². The van der Waals surface area contributed by atoms with Gasteiger partial charge in [-0.25, -0.2) is 0 Å². The zero-order chi connectivity index (χ0) is 14.2. The highest BCUT2D eigenvalue weighted by Gasteiger charge is 2.20. The van der Waals surface area contributed by atoms with Gasteiger partial charge in [0, 0.05) is 18.7 Å². The normalized spacial score (nSPS) is 10.3. The molecule has 0 aliphatic rings. The van der Waals surface area contributed by atoms with E-state index in [1.807, 2.05) is 56.0 Å². The molecule has 0 aliphatic heterocycles. The van der Waals surface area contributed by atoms with Gasteiger partial charge in [-0.3, -0.25) is 4.79 Å². The summed E-state index contributed by atoms with van der Waals surface area (Å²) in [6, 6.07) is 9.47. The molecule has 0 unspecified atom stereocenters. The summed E-state index contributed by atoms with van der Waals surface area (Å²) < 4.78 is 0. The van der Waals surface area contributed by atoms with E-state index in [0.717, 1.165) is 18.7 Å². The van der Waals surface area contributed by atoms with Crippen molar-refractivity contribution in [1.29, 1.82) is 0 Å². The van der Waals surface area contributed by atoms with E-state index in [2.05, 4.69) is 20.8 Å². The third kappa shape index (κ3) is 5.85. The largest absolute Gasteiger partial charge is 0.338 e. The number of amides is 1. The molecule has 1 amide bonds. The van der Waals surface area contributed by atoms with Crippen molar-refractivity contribution in [3.8, 4) is 0 Å². The van der Waals surface area contributed by atoms with Gasteiger partial charge in [-0.2, -0.15) is 0 Å². The van der Waals surface area contributed by atoms with Crippen LogP contribution in [0.1, 0.15) is 51.9 Å². The Kier molecular flexibility index (Phi) is 7.33. The van der Waals surface area contributed by atoms with Crippen LogP contribution in [-0.4, -0.2) is 23.9 Å². The average Bonchev–Trinajstić information content (AvgIpc) is 2.37. The zero-order valence-corrected chi connectivity index (χ0v) is 12.7. The van der Waals surface area contributed by atoms with Crippen LogP contribution in [0.5, 0.6) is 0 Å². The van der Waals surface area contributed by atoms with Crippen molar-refractivity contribution in [2.24, 2.45) is 5.41 Å². The Hall–Kier alpha value is -1.31. The number of hydrogen-bond donors (Lipinski definition) is 0. The van der Waals surface area contributed by atoms with E-state index >= 15 is 0 Å². The molecule has 2 heteroatoms. The summed E-state index contributed by atoms with van der Waals surface area (Å²) in [6.45, 7) is 14.0. The molecule has 0 aromatic heterocycles. The first-order valence-corrected chi connectivity index (χ1v) is 6.78. The molecule has 0 radical (unpaired) electrons. The van der Waals surface area contributed by atoms with Gasteiger partial charge in [0.1, 0.15) is 0 Å². The standard InChI is InChI=1S/C14H21NO.C2H6/c1-5-15(11-14(2,3)4)13(16)12-9-7-6-8-10-12;1-2/h6-10H,5,11H2,1-4H3;1-2H3. The molecule has 0 spiro atoms. The predicted molar refractivity (Wildman–Crippen MR) is 78.8 cm³/mol. The minimum atomic E-state index is 0.123. The molecule has 1 aromatic rings. The molecule has 2 nitrogen and oxygen atoms in total. The SMILES string of the molecule is CC.CCN(CC(C)(C)C)C(=O)c1ccccc1. The van der Waals surface area contributed by atoms with Crippen LogP contribution in [0.4, 0.5) is 0 Å². The minimum absolute atomic E-state index is 0.123. The van der Waals surface area contributed by atoms with Gasteiger partial charge >= 0.3 is 0 Å². The molecular weight excluding hydrogens is 222 g/mol. The third-order valence-electron chi connectivity index (χ3n) is 2.35. The van der Waals surface area contributed by atoms with E-state index in [1.54, 1.807) is 0 Å². The Morgan fingerprint density at radius 2 is 1.61 bits per heavy atom. The molecule has 0 saturated heterocycles. The first kappa shape index (κ1) is 16.7. The van der Waals surface area contributed by atoms with Gasteiger partial charge < -0.3 is 4.90 Å². The van der Waals surface area contributed by atoms with Crippen molar-refractivity contribution >= 4 is 5.91 Å². The number of nitrogens with zero attached hydrogens (tertiary/aromatic N) is 1. The molecule has 18 heavy (non-hydrogen) atoms. The molecule has 1 rings (SSSR count). The molecular formula is C16H27NO. The monoisotopic (exact) mass is 249 g/mol. The minimum Gasteiger partial charge on any atom is -0.338 e. The second kappa shape index (κ2) is 7.91. The fraction of sp³-hybridized carbons (Fsp3) is 0.562. The fourth-order valence-corrected chi connectivity index (χ4v) is 1.66. The van der Waals surface area contributed by atoms with Crippen LogP contribution in [-0.2, 0) is 0 Å². The zero-order valence-electron chi connectivity index (χ0n) is 12.7. The number of hydrogen-bond acceptors (Lipinski definition) is 1. The van der Waals surface area contributed by atoms with Crippen molar-refractivity contribution in [2.45, 2.75) is 41.5 Å². The number of rotatable bonds is 3. The highest BCUT2D eigenvalue weighted by Crippen LogP contribution is 2.16. The predicted octanol–water partition coefficient (Wildman–Crippen LogP) is 4.22. The van der Waals surface area contributed by atoms with Crippen molar-refractivity contribution in [2.75, 3.05) is 13.1 Å². The highest BCUT2D eigenvalue weighted by atomic mass is 16.2. The second-order valence-electron chi connectivity index (χ2n) is 5.25.